The molecule has 0 radical (unpaired) electrons. The lowest BCUT2D eigenvalue weighted by Gasteiger charge is -2.22. The summed E-state index contributed by atoms with van der Waals surface area (Å²) in [7, 11) is 0. The van der Waals surface area contributed by atoms with Crippen molar-refractivity contribution in [2.45, 2.75) is 25.5 Å². The van der Waals surface area contributed by atoms with Crippen molar-refractivity contribution < 1.29 is 18.7 Å². The number of amides is 2. The van der Waals surface area contributed by atoms with Gasteiger partial charge in [-0.15, -0.1) is 11.3 Å². The molecule has 4 rings (SSSR count). The van der Waals surface area contributed by atoms with Gasteiger partial charge in [0.1, 0.15) is 18.5 Å². The smallest absolute Gasteiger partial charge is 0.410 e. The molecule has 0 spiro atoms. The number of rotatable bonds is 5. The predicted octanol–water partition coefficient (Wildman–Crippen LogP) is 4.69. The van der Waals surface area contributed by atoms with Crippen LogP contribution in [-0.4, -0.2) is 34.5 Å². The average Bonchev–Trinajstić information content (AvgIpc) is 3.43. The van der Waals surface area contributed by atoms with E-state index in [1.807, 2.05) is 30.3 Å². The van der Waals surface area contributed by atoms with Crippen molar-refractivity contribution in [2.24, 2.45) is 0 Å². The first-order valence-corrected chi connectivity index (χ1v) is 10.5. The summed E-state index contributed by atoms with van der Waals surface area (Å²) >= 11 is 1.28. The Balaban J connectivity index is 1.36. The second kappa shape index (κ2) is 9.04. The molecule has 0 aliphatic carbocycles. The van der Waals surface area contributed by atoms with Crippen LogP contribution < -0.4 is 5.32 Å². The first-order chi connectivity index (χ1) is 14.6. The molecule has 1 fully saturated rings. The van der Waals surface area contributed by atoms with Crippen molar-refractivity contribution in [2.75, 3.05) is 11.9 Å². The fourth-order valence-electron chi connectivity index (χ4n) is 3.33. The second-order valence-corrected chi connectivity index (χ2v) is 7.78. The third-order valence-electron chi connectivity index (χ3n) is 4.87. The van der Waals surface area contributed by atoms with Crippen LogP contribution >= 0.6 is 11.3 Å². The number of nitrogens with one attached hydrogen (secondary N) is 1. The molecule has 1 unspecified atom stereocenters. The number of anilines is 1. The summed E-state index contributed by atoms with van der Waals surface area (Å²) in [6.45, 7) is 0.641. The summed E-state index contributed by atoms with van der Waals surface area (Å²) in [6, 6.07) is 14.8. The molecular formula is C22H20FN3O3S. The maximum Gasteiger partial charge on any atom is 0.410 e. The van der Waals surface area contributed by atoms with Gasteiger partial charge >= 0.3 is 6.09 Å². The monoisotopic (exact) mass is 425 g/mol. The Bertz CT molecular complexity index is 1020. The van der Waals surface area contributed by atoms with Crippen LogP contribution in [0.4, 0.5) is 14.3 Å². The first kappa shape index (κ1) is 20.0. The van der Waals surface area contributed by atoms with E-state index in [1.54, 1.807) is 17.5 Å². The van der Waals surface area contributed by atoms with Gasteiger partial charge in [0.2, 0.25) is 5.91 Å². The highest BCUT2D eigenvalue weighted by Crippen LogP contribution is 2.26. The zero-order chi connectivity index (χ0) is 20.9. The van der Waals surface area contributed by atoms with Crippen molar-refractivity contribution >= 4 is 28.5 Å². The second-order valence-electron chi connectivity index (χ2n) is 6.93. The van der Waals surface area contributed by atoms with Gasteiger partial charge in [-0.25, -0.2) is 14.2 Å². The number of hydrogen-bond acceptors (Lipinski definition) is 5. The topological polar surface area (TPSA) is 71.5 Å². The third kappa shape index (κ3) is 4.65. The van der Waals surface area contributed by atoms with Crippen LogP contribution in [0.1, 0.15) is 18.4 Å². The molecule has 2 aromatic carbocycles. The van der Waals surface area contributed by atoms with Crippen LogP contribution in [-0.2, 0) is 16.1 Å². The number of hydrogen-bond donors (Lipinski definition) is 1. The summed E-state index contributed by atoms with van der Waals surface area (Å²) in [5.41, 5.74) is 2.31. The molecule has 1 saturated heterocycles. The maximum atomic E-state index is 13.1. The zero-order valence-corrected chi connectivity index (χ0v) is 16.9. The largest absolute Gasteiger partial charge is 0.445 e. The molecule has 2 amide bonds. The van der Waals surface area contributed by atoms with E-state index in [0.29, 0.717) is 23.8 Å². The molecule has 1 aliphatic rings. The number of carbonyl (C=O) groups is 2. The van der Waals surface area contributed by atoms with Gasteiger partial charge in [0.25, 0.3) is 0 Å². The van der Waals surface area contributed by atoms with E-state index in [4.69, 9.17) is 4.74 Å². The normalized spacial score (nSPS) is 15.8. The van der Waals surface area contributed by atoms with Crippen LogP contribution in [0.5, 0.6) is 0 Å². The Morgan fingerprint density at radius 2 is 1.93 bits per heavy atom. The number of benzene rings is 2. The molecular weight excluding hydrogens is 405 g/mol. The van der Waals surface area contributed by atoms with Gasteiger partial charge < -0.3 is 10.1 Å². The fourth-order valence-corrected chi connectivity index (χ4v) is 4.06. The van der Waals surface area contributed by atoms with Crippen LogP contribution in [0.15, 0.2) is 60.0 Å². The summed E-state index contributed by atoms with van der Waals surface area (Å²) in [5.74, 6) is -0.604. The number of aromatic nitrogens is 1. The molecule has 1 atom stereocenters. The highest BCUT2D eigenvalue weighted by Gasteiger charge is 2.35. The van der Waals surface area contributed by atoms with Gasteiger partial charge in [0.15, 0.2) is 5.13 Å². The molecule has 1 N–H and O–H groups in total. The van der Waals surface area contributed by atoms with E-state index in [0.717, 1.165) is 17.5 Å². The number of thiazole rings is 1. The minimum absolute atomic E-state index is 0.165. The predicted molar refractivity (Wildman–Crippen MR) is 112 cm³/mol. The molecule has 0 saturated carbocycles. The van der Waals surface area contributed by atoms with E-state index in [-0.39, 0.29) is 18.3 Å². The van der Waals surface area contributed by atoms with Crippen molar-refractivity contribution in [3.8, 4) is 11.3 Å². The third-order valence-corrected chi connectivity index (χ3v) is 5.63. The summed E-state index contributed by atoms with van der Waals surface area (Å²) in [5, 5.41) is 5.02. The van der Waals surface area contributed by atoms with Crippen LogP contribution in [0.2, 0.25) is 0 Å². The molecule has 8 heteroatoms. The van der Waals surface area contributed by atoms with Crippen LogP contribution in [0.3, 0.4) is 0 Å². The summed E-state index contributed by atoms with van der Waals surface area (Å²) in [6.07, 6.45) is 0.808. The molecule has 0 bridgehead atoms. The molecule has 30 heavy (non-hydrogen) atoms. The lowest BCUT2D eigenvalue weighted by atomic mass is 10.2. The fraction of sp³-hybridized carbons (Fsp3) is 0.227. The summed E-state index contributed by atoms with van der Waals surface area (Å²) < 4.78 is 18.5. The molecule has 1 aromatic heterocycles. The highest BCUT2D eigenvalue weighted by atomic mass is 32.1. The molecule has 1 aliphatic heterocycles. The Morgan fingerprint density at radius 1 is 1.17 bits per heavy atom. The minimum Gasteiger partial charge on any atom is -0.445 e. The Kier molecular flexibility index (Phi) is 6.04. The zero-order valence-electron chi connectivity index (χ0n) is 16.1. The van der Waals surface area contributed by atoms with Crippen molar-refractivity contribution in [3.63, 3.8) is 0 Å². The minimum atomic E-state index is -0.591. The lowest BCUT2D eigenvalue weighted by molar-refractivity contribution is -0.120. The van der Waals surface area contributed by atoms with Crippen molar-refractivity contribution in [1.82, 2.24) is 9.88 Å². The number of ether oxygens (including phenoxy) is 1. The standard InChI is InChI=1S/C22H20FN3O3S/c23-17-10-8-16(9-11-17)18-14-30-21(24-18)25-20(27)19-7-4-12-26(19)22(28)29-13-15-5-2-1-3-6-15/h1-3,5-6,8-11,14,19H,4,7,12-13H2,(H,24,25,27). The van der Waals surface area contributed by atoms with E-state index in [9.17, 15) is 14.0 Å². The quantitative estimate of drug-likeness (QED) is 0.644. The Labute approximate surface area is 177 Å². The molecule has 6 nitrogen and oxygen atoms in total. The number of carbonyl (C=O) groups excluding carboxylic acids is 2. The van der Waals surface area contributed by atoms with Gasteiger partial charge in [0.05, 0.1) is 5.69 Å². The van der Waals surface area contributed by atoms with E-state index in [2.05, 4.69) is 10.3 Å². The molecule has 2 heterocycles. The first-order valence-electron chi connectivity index (χ1n) is 9.60. The highest BCUT2D eigenvalue weighted by molar-refractivity contribution is 7.14. The van der Waals surface area contributed by atoms with Gasteiger partial charge in [-0.05, 0) is 42.7 Å². The lowest BCUT2D eigenvalue weighted by Crippen LogP contribution is -2.43. The molecule has 154 valence electrons. The van der Waals surface area contributed by atoms with E-state index in [1.165, 1.54) is 28.4 Å². The van der Waals surface area contributed by atoms with Crippen molar-refractivity contribution in [1.29, 1.82) is 0 Å². The van der Waals surface area contributed by atoms with Gasteiger partial charge in [-0.2, -0.15) is 0 Å². The Hall–Kier alpha value is -3.26. The SMILES string of the molecule is O=C(Nc1nc(-c2ccc(F)cc2)cs1)C1CCCN1C(=O)OCc1ccccc1. The Morgan fingerprint density at radius 3 is 2.70 bits per heavy atom. The van der Waals surface area contributed by atoms with Gasteiger partial charge in [0, 0.05) is 17.5 Å². The van der Waals surface area contributed by atoms with E-state index < -0.39 is 12.1 Å². The molecule has 3 aromatic rings. The average molecular weight is 425 g/mol. The van der Waals surface area contributed by atoms with Crippen molar-refractivity contribution in [3.05, 3.63) is 71.4 Å². The number of halogens is 1. The van der Waals surface area contributed by atoms with E-state index >= 15 is 0 Å². The van der Waals surface area contributed by atoms with Gasteiger partial charge in [-0.1, -0.05) is 30.3 Å². The van der Waals surface area contributed by atoms with Gasteiger partial charge in [-0.3, -0.25) is 9.69 Å². The summed E-state index contributed by atoms with van der Waals surface area (Å²) in [4.78, 5) is 31.1. The number of likely N-dealkylation sites (tertiary alicyclic amines) is 1. The number of nitrogens with zero attached hydrogens (tertiary/aromatic N) is 2. The van der Waals surface area contributed by atoms with Crippen LogP contribution in [0, 0.1) is 5.82 Å². The maximum absolute atomic E-state index is 13.1. The van der Waals surface area contributed by atoms with Crippen LogP contribution in [0.25, 0.3) is 11.3 Å².